The van der Waals surface area contributed by atoms with Crippen molar-refractivity contribution in [3.05, 3.63) is 261 Å². The molecule has 13 rings (SSSR count). The topological polar surface area (TPSA) is 4.93 Å². The molecule has 12 aromatic carbocycles. The van der Waals surface area contributed by atoms with Gasteiger partial charge in [-0.15, -0.1) is 0 Å². The maximum atomic E-state index is 2.43. The molecule has 67 heavy (non-hydrogen) atoms. The van der Waals surface area contributed by atoms with Crippen LogP contribution >= 0.6 is 0 Å². The Morgan fingerprint density at radius 2 is 0.478 bits per heavy atom. The normalized spacial score (nSPS) is 11.6. The van der Waals surface area contributed by atoms with E-state index in [1.807, 2.05) is 0 Å². The third kappa shape index (κ3) is 6.80. The fourth-order valence-corrected chi connectivity index (χ4v) is 10.4. The van der Waals surface area contributed by atoms with Gasteiger partial charge in [-0.1, -0.05) is 224 Å². The molecule has 0 bridgehead atoms. The molecule has 1 nitrogen and oxygen atoms in total. The van der Waals surface area contributed by atoms with Gasteiger partial charge in [0.25, 0.3) is 0 Å². The maximum Gasteiger partial charge on any atom is 0.0541 e. The highest BCUT2D eigenvalue weighted by molar-refractivity contribution is 6.12. The van der Waals surface area contributed by atoms with Crippen molar-refractivity contribution in [1.82, 2.24) is 4.57 Å². The molecule has 0 unspecified atom stereocenters. The first kappa shape index (κ1) is 38.7. The molecule has 0 aliphatic rings. The van der Waals surface area contributed by atoms with Crippen LogP contribution in [-0.4, -0.2) is 4.57 Å². The summed E-state index contributed by atoms with van der Waals surface area (Å²) in [5.74, 6) is 0. The lowest BCUT2D eigenvalue weighted by molar-refractivity contribution is 1.18. The molecule has 0 aliphatic heterocycles. The first-order valence-corrected chi connectivity index (χ1v) is 23.1. The molecule has 0 atom stereocenters. The number of benzene rings is 12. The van der Waals surface area contributed by atoms with Gasteiger partial charge in [-0.25, -0.2) is 0 Å². The molecule has 0 N–H and O–H groups in total. The molecule has 0 amide bonds. The lowest BCUT2D eigenvalue weighted by atomic mass is 9.95. The van der Waals surface area contributed by atoms with Crippen LogP contribution in [0.5, 0.6) is 0 Å². The summed E-state index contributed by atoms with van der Waals surface area (Å²) in [5, 5.41) is 10.1. The Morgan fingerprint density at radius 1 is 0.194 bits per heavy atom. The molecule has 0 saturated carbocycles. The molecule has 0 radical (unpaired) electrons. The van der Waals surface area contributed by atoms with Crippen molar-refractivity contribution >= 4 is 54.1 Å². The zero-order valence-electron chi connectivity index (χ0n) is 36.8. The Labute approximate surface area is 390 Å². The first-order chi connectivity index (χ1) is 33.2. The van der Waals surface area contributed by atoms with Gasteiger partial charge in [-0.2, -0.15) is 0 Å². The van der Waals surface area contributed by atoms with E-state index >= 15 is 0 Å². The number of aromatic nitrogens is 1. The third-order valence-corrected chi connectivity index (χ3v) is 13.8. The fraction of sp³-hybridized carbons (Fsp3) is 0. The summed E-state index contributed by atoms with van der Waals surface area (Å²) in [4.78, 5) is 0. The largest absolute Gasteiger partial charge is 0.309 e. The highest BCUT2D eigenvalue weighted by atomic mass is 15.0. The molecule has 312 valence electrons. The zero-order chi connectivity index (χ0) is 44.3. The molecule has 0 aliphatic carbocycles. The molecule has 1 aromatic heterocycles. The van der Waals surface area contributed by atoms with Gasteiger partial charge in [0.05, 0.1) is 11.0 Å². The Hall–Kier alpha value is -8.78. The average molecular weight is 850 g/mol. The van der Waals surface area contributed by atoms with E-state index in [4.69, 9.17) is 0 Å². The highest BCUT2D eigenvalue weighted by Crippen LogP contribution is 2.40. The SMILES string of the molecule is c1ccc2c(-c3ccc(-c4ccc(-n5c6ccc(-c7ccc(-c8cccc9ccccc89)cc7)cc6c6cc(-c7ccc(-c8cccc9ccccc89)cc7)ccc65)cc4)cc3)cccc2c1. The Bertz CT molecular complexity index is 3790. The van der Waals surface area contributed by atoms with Crippen molar-refractivity contribution in [2.24, 2.45) is 0 Å². The van der Waals surface area contributed by atoms with E-state index in [0.29, 0.717) is 0 Å². The quantitative estimate of drug-likeness (QED) is 0.151. The monoisotopic (exact) mass is 849 g/mol. The van der Waals surface area contributed by atoms with E-state index in [2.05, 4.69) is 265 Å². The summed E-state index contributed by atoms with van der Waals surface area (Å²) in [7, 11) is 0. The molecule has 0 spiro atoms. The van der Waals surface area contributed by atoms with Crippen molar-refractivity contribution < 1.29 is 0 Å². The number of hydrogen-bond donors (Lipinski definition) is 0. The number of fused-ring (bicyclic) bond motifs is 6. The van der Waals surface area contributed by atoms with E-state index in [9.17, 15) is 0 Å². The summed E-state index contributed by atoms with van der Waals surface area (Å²) in [6.07, 6.45) is 0. The van der Waals surface area contributed by atoms with E-state index in [-0.39, 0.29) is 0 Å². The molecular weight excluding hydrogens is 807 g/mol. The van der Waals surface area contributed by atoms with Gasteiger partial charge in [-0.05, 0) is 135 Å². The molecule has 0 fully saturated rings. The van der Waals surface area contributed by atoms with Gasteiger partial charge in [0, 0.05) is 16.5 Å². The Balaban J connectivity index is 0.886. The standard InChI is InChI=1S/C66H43N/c1-4-16-57-48(10-1)13-7-19-60(57)51-28-22-44(23-29-51)45-34-38-56(39-35-45)67-65-40-36-54(46-24-30-52(31-25-46)61-20-8-14-49-11-2-5-17-58(49)61)42-63(65)64-43-55(37-41-66(64)67)47-26-32-53(33-27-47)62-21-9-15-50-12-3-6-18-59(50)62/h1-43H. The van der Waals surface area contributed by atoms with E-state index in [1.54, 1.807) is 0 Å². The predicted molar refractivity (Wildman–Crippen MR) is 286 cm³/mol. The van der Waals surface area contributed by atoms with Crippen LogP contribution in [0.3, 0.4) is 0 Å². The Kier molecular flexibility index (Phi) is 9.25. The molecule has 0 saturated heterocycles. The Morgan fingerprint density at radius 3 is 0.851 bits per heavy atom. The summed E-state index contributed by atoms with van der Waals surface area (Å²) in [6.45, 7) is 0. The minimum atomic E-state index is 1.13. The second-order valence-electron chi connectivity index (χ2n) is 17.7. The number of hydrogen-bond acceptors (Lipinski definition) is 0. The minimum absolute atomic E-state index is 1.13. The van der Waals surface area contributed by atoms with Gasteiger partial charge < -0.3 is 4.57 Å². The minimum Gasteiger partial charge on any atom is -0.309 e. The summed E-state index contributed by atoms with van der Waals surface area (Å²) in [5.41, 5.74) is 18.1. The molecule has 13 aromatic rings. The summed E-state index contributed by atoms with van der Waals surface area (Å²) >= 11 is 0. The van der Waals surface area contributed by atoms with Crippen molar-refractivity contribution in [1.29, 1.82) is 0 Å². The summed E-state index contributed by atoms with van der Waals surface area (Å²) < 4.78 is 2.43. The van der Waals surface area contributed by atoms with Crippen LogP contribution in [0.1, 0.15) is 0 Å². The van der Waals surface area contributed by atoms with E-state index in [1.165, 1.54) is 121 Å². The molecule has 1 heteroatoms. The van der Waals surface area contributed by atoms with Crippen LogP contribution in [0, 0.1) is 0 Å². The average Bonchev–Trinajstić information content (AvgIpc) is 3.73. The molecule has 1 heterocycles. The summed E-state index contributed by atoms with van der Waals surface area (Å²) in [6, 6.07) is 95.7. The fourth-order valence-electron chi connectivity index (χ4n) is 10.4. The van der Waals surface area contributed by atoms with Crippen LogP contribution in [0.25, 0.3) is 127 Å². The van der Waals surface area contributed by atoms with Crippen LogP contribution < -0.4 is 0 Å². The van der Waals surface area contributed by atoms with E-state index < -0.39 is 0 Å². The second kappa shape index (κ2) is 16.0. The van der Waals surface area contributed by atoms with Gasteiger partial charge in [0.1, 0.15) is 0 Å². The third-order valence-electron chi connectivity index (χ3n) is 13.8. The van der Waals surface area contributed by atoms with Crippen molar-refractivity contribution in [3.8, 4) is 72.4 Å². The van der Waals surface area contributed by atoms with Gasteiger partial charge in [-0.3, -0.25) is 0 Å². The van der Waals surface area contributed by atoms with Gasteiger partial charge in [0.2, 0.25) is 0 Å². The smallest absolute Gasteiger partial charge is 0.0541 e. The lowest BCUT2D eigenvalue weighted by Gasteiger charge is -2.11. The predicted octanol–water partition coefficient (Wildman–Crippen LogP) is 18.2. The van der Waals surface area contributed by atoms with Crippen LogP contribution in [0.15, 0.2) is 261 Å². The van der Waals surface area contributed by atoms with Gasteiger partial charge >= 0.3 is 0 Å². The maximum absolute atomic E-state index is 2.43. The van der Waals surface area contributed by atoms with Crippen molar-refractivity contribution in [2.45, 2.75) is 0 Å². The highest BCUT2D eigenvalue weighted by Gasteiger charge is 2.16. The van der Waals surface area contributed by atoms with Gasteiger partial charge in [0.15, 0.2) is 0 Å². The van der Waals surface area contributed by atoms with Crippen molar-refractivity contribution in [2.75, 3.05) is 0 Å². The number of rotatable bonds is 7. The molecular formula is C66H43N. The van der Waals surface area contributed by atoms with Crippen molar-refractivity contribution in [3.63, 3.8) is 0 Å². The lowest BCUT2D eigenvalue weighted by Crippen LogP contribution is -1.94. The van der Waals surface area contributed by atoms with E-state index in [0.717, 1.165) is 5.69 Å². The zero-order valence-corrected chi connectivity index (χ0v) is 36.8. The van der Waals surface area contributed by atoms with Crippen LogP contribution in [0.2, 0.25) is 0 Å². The number of nitrogens with zero attached hydrogens (tertiary/aromatic N) is 1. The van der Waals surface area contributed by atoms with Crippen LogP contribution in [-0.2, 0) is 0 Å². The first-order valence-electron chi connectivity index (χ1n) is 23.1. The van der Waals surface area contributed by atoms with Crippen LogP contribution in [0.4, 0.5) is 0 Å². The second-order valence-corrected chi connectivity index (χ2v) is 17.7.